The fraction of sp³-hybridized carbons (Fsp3) is 0.438. The van der Waals surface area contributed by atoms with Crippen LogP contribution in [0.2, 0.25) is 0 Å². The van der Waals surface area contributed by atoms with E-state index < -0.39 is 0 Å². The number of para-hydroxylation sites is 1. The van der Waals surface area contributed by atoms with Crippen molar-refractivity contribution in [3.8, 4) is 5.75 Å². The van der Waals surface area contributed by atoms with Gasteiger partial charge in [-0.2, -0.15) is 0 Å². The van der Waals surface area contributed by atoms with Crippen molar-refractivity contribution in [1.82, 2.24) is 10.3 Å². The van der Waals surface area contributed by atoms with E-state index in [9.17, 15) is 0 Å². The molecule has 0 radical (unpaired) electrons. The Morgan fingerprint density at radius 3 is 2.75 bits per heavy atom. The molecule has 2 aromatic rings. The molecule has 0 bridgehead atoms. The normalized spacial score (nSPS) is 12.3. The summed E-state index contributed by atoms with van der Waals surface area (Å²) in [5.74, 6) is 0.966. The number of thiazole rings is 1. The number of aromatic nitrogens is 1. The fourth-order valence-electron chi connectivity index (χ4n) is 2.20. The van der Waals surface area contributed by atoms with E-state index in [2.05, 4.69) is 43.2 Å². The Morgan fingerprint density at radius 1 is 1.30 bits per heavy atom. The van der Waals surface area contributed by atoms with Crippen LogP contribution in [0.3, 0.4) is 0 Å². The van der Waals surface area contributed by atoms with Gasteiger partial charge in [0, 0.05) is 10.4 Å². The standard InChI is InChI=1S/C16H22N2OS/c1-4-10-19-14-9-7-6-8-13(14)15(17-5-2)16-12(3)18-11-20-16/h6-9,11,15,17H,4-5,10H2,1-3H3. The number of aryl methyl sites for hydroxylation is 1. The first-order chi connectivity index (χ1) is 9.77. The highest BCUT2D eigenvalue weighted by Gasteiger charge is 2.20. The van der Waals surface area contributed by atoms with Crippen molar-refractivity contribution in [1.29, 1.82) is 0 Å². The molecule has 4 heteroatoms. The maximum Gasteiger partial charge on any atom is 0.124 e. The number of hydrogen-bond acceptors (Lipinski definition) is 4. The van der Waals surface area contributed by atoms with Crippen LogP contribution in [0.15, 0.2) is 29.8 Å². The highest BCUT2D eigenvalue weighted by molar-refractivity contribution is 7.09. The van der Waals surface area contributed by atoms with Crippen LogP contribution in [-0.2, 0) is 0 Å². The van der Waals surface area contributed by atoms with Crippen molar-refractivity contribution in [2.45, 2.75) is 33.2 Å². The summed E-state index contributed by atoms with van der Waals surface area (Å²) in [7, 11) is 0. The first-order valence-electron chi connectivity index (χ1n) is 7.13. The number of benzene rings is 1. The zero-order valence-electron chi connectivity index (χ0n) is 12.3. The summed E-state index contributed by atoms with van der Waals surface area (Å²) in [5.41, 5.74) is 4.19. The van der Waals surface area contributed by atoms with E-state index in [1.807, 2.05) is 17.6 Å². The molecule has 1 atom stereocenters. The first-order valence-corrected chi connectivity index (χ1v) is 8.01. The molecule has 0 spiro atoms. The van der Waals surface area contributed by atoms with Gasteiger partial charge in [0.05, 0.1) is 23.9 Å². The van der Waals surface area contributed by atoms with E-state index in [0.29, 0.717) is 0 Å². The van der Waals surface area contributed by atoms with Gasteiger partial charge in [0.15, 0.2) is 0 Å². The zero-order valence-corrected chi connectivity index (χ0v) is 13.2. The molecule has 20 heavy (non-hydrogen) atoms. The molecule has 2 rings (SSSR count). The minimum Gasteiger partial charge on any atom is -0.493 e. The molecule has 0 aliphatic carbocycles. The lowest BCUT2D eigenvalue weighted by atomic mass is 10.0. The summed E-state index contributed by atoms with van der Waals surface area (Å²) in [5, 5.41) is 3.55. The average molecular weight is 290 g/mol. The predicted molar refractivity (Wildman–Crippen MR) is 84.6 cm³/mol. The van der Waals surface area contributed by atoms with E-state index in [1.54, 1.807) is 11.3 Å². The van der Waals surface area contributed by atoms with Crippen LogP contribution in [0.25, 0.3) is 0 Å². The minimum atomic E-state index is 0.153. The molecule has 3 nitrogen and oxygen atoms in total. The predicted octanol–water partition coefficient (Wildman–Crippen LogP) is 3.94. The maximum absolute atomic E-state index is 5.90. The summed E-state index contributed by atoms with van der Waals surface area (Å²) in [6.45, 7) is 7.96. The molecule has 0 aliphatic rings. The summed E-state index contributed by atoms with van der Waals surface area (Å²) in [6, 6.07) is 8.43. The molecular formula is C16H22N2OS. The van der Waals surface area contributed by atoms with E-state index in [-0.39, 0.29) is 6.04 Å². The molecule has 108 valence electrons. The second-order valence-corrected chi connectivity index (χ2v) is 5.57. The van der Waals surface area contributed by atoms with Crippen molar-refractivity contribution in [2.24, 2.45) is 0 Å². The smallest absolute Gasteiger partial charge is 0.124 e. The van der Waals surface area contributed by atoms with Crippen LogP contribution in [-0.4, -0.2) is 18.1 Å². The lowest BCUT2D eigenvalue weighted by Crippen LogP contribution is -2.22. The Labute approximate surface area is 125 Å². The van der Waals surface area contributed by atoms with E-state index in [0.717, 1.165) is 31.0 Å². The summed E-state index contributed by atoms with van der Waals surface area (Å²) >= 11 is 1.70. The Balaban J connectivity index is 2.36. The Kier molecular flexibility index (Phi) is 5.56. The fourth-order valence-corrected chi connectivity index (χ4v) is 3.09. The summed E-state index contributed by atoms with van der Waals surface area (Å²) < 4.78 is 5.90. The first kappa shape index (κ1) is 15.0. The number of nitrogens with zero attached hydrogens (tertiary/aromatic N) is 1. The highest BCUT2D eigenvalue weighted by atomic mass is 32.1. The zero-order chi connectivity index (χ0) is 14.4. The van der Waals surface area contributed by atoms with Crippen molar-refractivity contribution in [2.75, 3.05) is 13.2 Å². The lowest BCUT2D eigenvalue weighted by molar-refractivity contribution is 0.312. The Bertz CT molecular complexity index is 539. The third-order valence-corrected chi connectivity index (χ3v) is 4.14. The Hall–Kier alpha value is -1.39. The van der Waals surface area contributed by atoms with Crippen molar-refractivity contribution in [3.63, 3.8) is 0 Å². The van der Waals surface area contributed by atoms with Gasteiger partial charge in [-0.25, -0.2) is 4.98 Å². The average Bonchev–Trinajstić information content (AvgIpc) is 2.89. The van der Waals surface area contributed by atoms with Gasteiger partial charge in [0.2, 0.25) is 0 Å². The van der Waals surface area contributed by atoms with Crippen LogP contribution in [0.5, 0.6) is 5.75 Å². The Morgan fingerprint density at radius 2 is 2.10 bits per heavy atom. The van der Waals surface area contributed by atoms with Crippen molar-refractivity contribution in [3.05, 3.63) is 45.9 Å². The topological polar surface area (TPSA) is 34.1 Å². The van der Waals surface area contributed by atoms with E-state index in [1.165, 1.54) is 10.4 Å². The molecule has 0 aliphatic heterocycles. The second kappa shape index (κ2) is 7.41. The van der Waals surface area contributed by atoms with E-state index in [4.69, 9.17) is 4.74 Å². The molecule has 0 fully saturated rings. The monoisotopic (exact) mass is 290 g/mol. The number of ether oxygens (including phenoxy) is 1. The SMILES string of the molecule is CCCOc1ccccc1C(NCC)c1scnc1C. The van der Waals surface area contributed by atoms with E-state index >= 15 is 0 Å². The van der Waals surface area contributed by atoms with Crippen LogP contribution >= 0.6 is 11.3 Å². The van der Waals surface area contributed by atoms with Gasteiger partial charge in [0.25, 0.3) is 0 Å². The van der Waals surface area contributed by atoms with Crippen LogP contribution < -0.4 is 10.1 Å². The van der Waals surface area contributed by atoms with Gasteiger partial charge in [-0.05, 0) is 26.0 Å². The van der Waals surface area contributed by atoms with Gasteiger partial charge in [0.1, 0.15) is 5.75 Å². The molecule has 1 N–H and O–H groups in total. The molecule has 1 aromatic carbocycles. The molecule has 0 amide bonds. The third-order valence-electron chi connectivity index (χ3n) is 3.14. The number of hydrogen-bond donors (Lipinski definition) is 1. The van der Waals surface area contributed by atoms with Gasteiger partial charge < -0.3 is 10.1 Å². The highest BCUT2D eigenvalue weighted by Crippen LogP contribution is 2.33. The summed E-state index contributed by atoms with van der Waals surface area (Å²) in [4.78, 5) is 5.64. The minimum absolute atomic E-state index is 0.153. The number of rotatable bonds is 7. The van der Waals surface area contributed by atoms with Crippen LogP contribution in [0.4, 0.5) is 0 Å². The second-order valence-electron chi connectivity index (χ2n) is 4.68. The maximum atomic E-state index is 5.90. The lowest BCUT2D eigenvalue weighted by Gasteiger charge is -2.21. The molecular weight excluding hydrogens is 268 g/mol. The molecule has 1 unspecified atom stereocenters. The van der Waals surface area contributed by atoms with Gasteiger partial charge >= 0.3 is 0 Å². The van der Waals surface area contributed by atoms with Gasteiger partial charge in [-0.15, -0.1) is 11.3 Å². The molecule has 0 saturated carbocycles. The largest absolute Gasteiger partial charge is 0.493 e. The van der Waals surface area contributed by atoms with Crippen molar-refractivity contribution >= 4 is 11.3 Å². The van der Waals surface area contributed by atoms with Gasteiger partial charge in [-0.1, -0.05) is 32.0 Å². The van der Waals surface area contributed by atoms with Crippen LogP contribution in [0, 0.1) is 6.92 Å². The van der Waals surface area contributed by atoms with Crippen LogP contribution in [0.1, 0.15) is 42.4 Å². The molecule has 1 heterocycles. The quantitative estimate of drug-likeness (QED) is 0.838. The third kappa shape index (κ3) is 3.38. The number of nitrogens with one attached hydrogen (secondary N) is 1. The molecule has 0 saturated heterocycles. The molecule has 1 aromatic heterocycles. The van der Waals surface area contributed by atoms with Crippen molar-refractivity contribution < 1.29 is 4.74 Å². The van der Waals surface area contributed by atoms with Gasteiger partial charge in [-0.3, -0.25) is 0 Å². The summed E-state index contributed by atoms with van der Waals surface area (Å²) in [6.07, 6.45) is 1.01.